The van der Waals surface area contributed by atoms with Crippen LogP contribution in [0.15, 0.2) is 12.7 Å². The predicted molar refractivity (Wildman–Crippen MR) is 41.0 cm³/mol. The van der Waals surface area contributed by atoms with Gasteiger partial charge in [-0.1, -0.05) is 6.08 Å². The van der Waals surface area contributed by atoms with Crippen LogP contribution in [0.2, 0.25) is 0 Å². The topological polar surface area (TPSA) is 37.4 Å². The second kappa shape index (κ2) is 3.32. The summed E-state index contributed by atoms with van der Waals surface area (Å²) in [6.07, 6.45) is 2.60. The van der Waals surface area contributed by atoms with Gasteiger partial charge in [0.05, 0.1) is 13.0 Å². The third-order valence-electron chi connectivity index (χ3n) is 1.67. The number of hydrogen-bond acceptors (Lipinski definition) is 2. The van der Waals surface area contributed by atoms with E-state index in [0.717, 1.165) is 6.42 Å². The third kappa shape index (κ3) is 1.90. The Hall–Kier alpha value is -1.12. The van der Waals surface area contributed by atoms with Crippen molar-refractivity contribution >= 4 is 11.7 Å². The molecule has 1 rings (SSSR count). The first-order chi connectivity index (χ1) is 5.24. The maximum absolute atomic E-state index is 11.0. The fourth-order valence-corrected chi connectivity index (χ4v) is 1.09. The average Bonchev–Trinajstić information content (AvgIpc) is 2.26. The first-order valence-electron chi connectivity index (χ1n) is 3.64. The highest BCUT2D eigenvalue weighted by molar-refractivity contribution is 6.05. The van der Waals surface area contributed by atoms with E-state index in [9.17, 15) is 9.59 Å². The molecule has 0 bridgehead atoms. The van der Waals surface area contributed by atoms with Crippen LogP contribution >= 0.6 is 0 Å². The zero-order valence-corrected chi connectivity index (χ0v) is 6.38. The molecule has 0 N–H and O–H groups in total. The zero-order chi connectivity index (χ0) is 8.27. The Kier molecular flexibility index (Phi) is 2.41. The normalized spacial score (nSPS) is 17.6. The molecule has 3 heteroatoms. The number of hydrogen-bond donors (Lipinski definition) is 0. The van der Waals surface area contributed by atoms with Gasteiger partial charge in [-0.05, 0) is 6.42 Å². The number of carbonyl (C=O) groups is 2. The van der Waals surface area contributed by atoms with E-state index in [2.05, 4.69) is 6.58 Å². The second-order valence-electron chi connectivity index (χ2n) is 2.61. The summed E-state index contributed by atoms with van der Waals surface area (Å²) in [6, 6.07) is 0. The van der Waals surface area contributed by atoms with Crippen LogP contribution < -0.4 is 0 Å². The van der Waals surface area contributed by atoms with Crippen LogP contribution in [-0.4, -0.2) is 29.7 Å². The molecule has 0 aromatic rings. The molecule has 60 valence electrons. The SMILES string of the molecule is C=CCCN1CC(=O)CC1=O. The van der Waals surface area contributed by atoms with Crippen molar-refractivity contribution in [1.29, 1.82) is 0 Å². The van der Waals surface area contributed by atoms with Crippen LogP contribution in [-0.2, 0) is 9.59 Å². The van der Waals surface area contributed by atoms with Gasteiger partial charge >= 0.3 is 0 Å². The summed E-state index contributed by atoms with van der Waals surface area (Å²) in [5, 5.41) is 0. The van der Waals surface area contributed by atoms with Crippen LogP contribution in [0.4, 0.5) is 0 Å². The Morgan fingerprint density at radius 1 is 1.55 bits per heavy atom. The zero-order valence-electron chi connectivity index (χ0n) is 6.38. The molecule has 1 heterocycles. The van der Waals surface area contributed by atoms with E-state index in [1.54, 1.807) is 11.0 Å². The molecule has 1 aliphatic heterocycles. The molecule has 1 aliphatic rings. The third-order valence-corrected chi connectivity index (χ3v) is 1.67. The van der Waals surface area contributed by atoms with Gasteiger partial charge in [0.15, 0.2) is 5.78 Å². The molecule has 1 fully saturated rings. The summed E-state index contributed by atoms with van der Waals surface area (Å²) in [5.41, 5.74) is 0. The minimum atomic E-state index is -0.0446. The lowest BCUT2D eigenvalue weighted by Crippen LogP contribution is -2.25. The maximum Gasteiger partial charge on any atom is 0.230 e. The number of likely N-dealkylation sites (tertiary alicyclic amines) is 1. The van der Waals surface area contributed by atoms with Gasteiger partial charge < -0.3 is 4.90 Å². The molecule has 0 aliphatic carbocycles. The minimum absolute atomic E-state index is 0.0269. The highest BCUT2D eigenvalue weighted by Crippen LogP contribution is 2.06. The summed E-state index contributed by atoms with van der Waals surface area (Å²) < 4.78 is 0. The Morgan fingerprint density at radius 3 is 2.73 bits per heavy atom. The van der Waals surface area contributed by atoms with Crippen LogP contribution in [0.3, 0.4) is 0 Å². The Bertz CT molecular complexity index is 198. The van der Waals surface area contributed by atoms with Crippen molar-refractivity contribution in [3.63, 3.8) is 0 Å². The van der Waals surface area contributed by atoms with Crippen LogP contribution in [0, 0.1) is 0 Å². The molecule has 0 spiro atoms. The van der Waals surface area contributed by atoms with Gasteiger partial charge in [-0.2, -0.15) is 0 Å². The van der Waals surface area contributed by atoms with E-state index < -0.39 is 0 Å². The van der Waals surface area contributed by atoms with E-state index in [-0.39, 0.29) is 18.1 Å². The lowest BCUT2D eigenvalue weighted by atomic mass is 10.3. The number of rotatable bonds is 3. The van der Waals surface area contributed by atoms with Crippen molar-refractivity contribution in [3.8, 4) is 0 Å². The molecule has 0 aromatic heterocycles. The molecule has 3 nitrogen and oxygen atoms in total. The van der Waals surface area contributed by atoms with Crippen LogP contribution in [0.1, 0.15) is 12.8 Å². The number of carbonyl (C=O) groups excluding carboxylic acids is 2. The lowest BCUT2D eigenvalue weighted by molar-refractivity contribution is -0.127. The molecule has 0 unspecified atom stereocenters. The summed E-state index contributed by atoms with van der Waals surface area (Å²) in [5.74, 6) is -0.0177. The molecule has 0 aromatic carbocycles. The summed E-state index contributed by atoms with van der Waals surface area (Å²) in [7, 11) is 0. The molecule has 1 amide bonds. The second-order valence-corrected chi connectivity index (χ2v) is 2.61. The predicted octanol–water partition coefficient (Wildman–Crippen LogP) is 0.364. The van der Waals surface area contributed by atoms with Crippen molar-refractivity contribution in [1.82, 2.24) is 4.90 Å². The van der Waals surface area contributed by atoms with Gasteiger partial charge in [0.25, 0.3) is 0 Å². The molecule has 11 heavy (non-hydrogen) atoms. The first-order valence-corrected chi connectivity index (χ1v) is 3.64. The van der Waals surface area contributed by atoms with Crippen LogP contribution in [0.5, 0.6) is 0 Å². The Morgan fingerprint density at radius 2 is 2.27 bits per heavy atom. The van der Waals surface area contributed by atoms with Gasteiger partial charge in [0.2, 0.25) is 5.91 Å². The Balaban J connectivity index is 2.40. The van der Waals surface area contributed by atoms with E-state index in [4.69, 9.17) is 0 Å². The molecule has 0 saturated carbocycles. The molecule has 0 radical (unpaired) electrons. The van der Waals surface area contributed by atoms with Gasteiger partial charge in [0.1, 0.15) is 0 Å². The van der Waals surface area contributed by atoms with Gasteiger partial charge in [0, 0.05) is 6.54 Å². The molecular weight excluding hydrogens is 142 g/mol. The highest BCUT2D eigenvalue weighted by Gasteiger charge is 2.25. The largest absolute Gasteiger partial charge is 0.335 e. The van der Waals surface area contributed by atoms with E-state index in [1.165, 1.54) is 0 Å². The fraction of sp³-hybridized carbons (Fsp3) is 0.500. The van der Waals surface area contributed by atoms with E-state index in [1.807, 2.05) is 0 Å². The van der Waals surface area contributed by atoms with E-state index in [0.29, 0.717) is 13.1 Å². The van der Waals surface area contributed by atoms with Gasteiger partial charge in [-0.15, -0.1) is 6.58 Å². The molecule has 1 saturated heterocycles. The first kappa shape index (κ1) is 7.98. The average molecular weight is 153 g/mol. The van der Waals surface area contributed by atoms with Crippen molar-refractivity contribution in [2.45, 2.75) is 12.8 Å². The van der Waals surface area contributed by atoms with Crippen molar-refractivity contribution < 1.29 is 9.59 Å². The van der Waals surface area contributed by atoms with Crippen molar-refractivity contribution in [3.05, 3.63) is 12.7 Å². The van der Waals surface area contributed by atoms with Crippen molar-refractivity contribution in [2.75, 3.05) is 13.1 Å². The number of ketones is 1. The lowest BCUT2D eigenvalue weighted by Gasteiger charge is -2.11. The van der Waals surface area contributed by atoms with Gasteiger partial charge in [-0.25, -0.2) is 0 Å². The summed E-state index contributed by atoms with van der Waals surface area (Å²) in [4.78, 5) is 23.3. The number of Topliss-reactive ketones (excluding diaryl/α,β-unsaturated/α-hetero) is 1. The van der Waals surface area contributed by atoms with Crippen LogP contribution in [0.25, 0.3) is 0 Å². The van der Waals surface area contributed by atoms with Crippen molar-refractivity contribution in [2.24, 2.45) is 0 Å². The summed E-state index contributed by atoms with van der Waals surface area (Å²) >= 11 is 0. The summed E-state index contributed by atoms with van der Waals surface area (Å²) in [6.45, 7) is 4.47. The molecule has 0 atom stereocenters. The monoisotopic (exact) mass is 153 g/mol. The number of amides is 1. The maximum atomic E-state index is 11.0. The van der Waals surface area contributed by atoms with E-state index >= 15 is 0 Å². The quantitative estimate of drug-likeness (QED) is 0.433. The Labute approximate surface area is 65.7 Å². The standard InChI is InChI=1S/C8H11NO2/c1-2-3-4-9-6-7(10)5-8(9)11/h2H,1,3-6H2. The minimum Gasteiger partial charge on any atom is -0.335 e. The fourth-order valence-electron chi connectivity index (χ4n) is 1.09. The van der Waals surface area contributed by atoms with Gasteiger partial charge in [-0.3, -0.25) is 9.59 Å². The smallest absolute Gasteiger partial charge is 0.230 e. The molecular formula is C8H11NO2. The number of nitrogens with zero attached hydrogens (tertiary/aromatic N) is 1. The highest BCUT2D eigenvalue weighted by atomic mass is 16.2.